The van der Waals surface area contributed by atoms with Gasteiger partial charge in [0.2, 0.25) is 0 Å². The molecule has 23 heavy (non-hydrogen) atoms. The van der Waals surface area contributed by atoms with E-state index in [1.54, 1.807) is 12.1 Å². The number of hydrogen-bond donors (Lipinski definition) is 1. The van der Waals surface area contributed by atoms with Crippen molar-refractivity contribution in [2.45, 2.75) is 0 Å². The molecule has 0 aliphatic carbocycles. The van der Waals surface area contributed by atoms with Gasteiger partial charge in [0.1, 0.15) is 17.1 Å². The monoisotopic (exact) mass is 418 g/mol. The minimum atomic E-state index is -1.21. The van der Waals surface area contributed by atoms with Gasteiger partial charge in [-0.25, -0.2) is 9.59 Å². The molecule has 0 saturated carbocycles. The first-order chi connectivity index (χ1) is 10.9. The normalized spacial score (nSPS) is 10.2. The fourth-order valence-electron chi connectivity index (χ4n) is 1.64. The fraction of sp³-hybridized carbons (Fsp3) is 0.0667. The maximum atomic E-state index is 11.8. The molecule has 0 heterocycles. The Labute approximate surface area is 149 Å². The highest BCUT2D eigenvalue weighted by Gasteiger charge is 2.16. The Morgan fingerprint density at radius 3 is 2.43 bits per heavy atom. The zero-order valence-electron chi connectivity index (χ0n) is 11.4. The van der Waals surface area contributed by atoms with E-state index in [0.717, 1.165) is 0 Å². The molecule has 0 amide bonds. The number of carbonyl (C=O) groups excluding carboxylic acids is 1. The van der Waals surface area contributed by atoms with E-state index in [-0.39, 0.29) is 22.1 Å². The van der Waals surface area contributed by atoms with Crippen molar-refractivity contribution in [3.8, 4) is 11.5 Å². The van der Waals surface area contributed by atoms with Crippen molar-refractivity contribution in [1.29, 1.82) is 0 Å². The number of carbonyl (C=O) groups is 2. The molecule has 0 aliphatic heterocycles. The summed E-state index contributed by atoms with van der Waals surface area (Å²) in [6.45, 7) is -0.434. The molecule has 120 valence electrons. The van der Waals surface area contributed by atoms with E-state index < -0.39 is 18.5 Å². The summed E-state index contributed by atoms with van der Waals surface area (Å²) in [7, 11) is 0. The van der Waals surface area contributed by atoms with Crippen LogP contribution in [0.2, 0.25) is 10.0 Å². The van der Waals surface area contributed by atoms with Crippen molar-refractivity contribution in [3.05, 3.63) is 56.5 Å². The number of benzene rings is 2. The lowest BCUT2D eigenvalue weighted by atomic mass is 10.2. The molecular weight excluding hydrogens is 411 g/mol. The van der Waals surface area contributed by atoms with E-state index in [9.17, 15) is 9.59 Å². The van der Waals surface area contributed by atoms with Crippen LogP contribution in [0.5, 0.6) is 11.5 Å². The first kappa shape index (κ1) is 17.6. The molecular formula is C15H9BrCl2O5. The second-order valence-corrected chi connectivity index (χ2v) is 6.04. The van der Waals surface area contributed by atoms with Gasteiger partial charge in [0.25, 0.3) is 0 Å². The molecule has 8 heteroatoms. The highest BCUT2D eigenvalue weighted by atomic mass is 79.9. The van der Waals surface area contributed by atoms with Crippen LogP contribution in [0.3, 0.4) is 0 Å². The van der Waals surface area contributed by atoms with Crippen LogP contribution in [0.1, 0.15) is 10.4 Å². The number of hydrogen-bond acceptors (Lipinski definition) is 4. The third-order valence-corrected chi connectivity index (χ3v) is 3.66. The van der Waals surface area contributed by atoms with Crippen molar-refractivity contribution in [3.63, 3.8) is 0 Å². The van der Waals surface area contributed by atoms with Crippen molar-refractivity contribution in [2.75, 3.05) is 6.61 Å². The van der Waals surface area contributed by atoms with Crippen LogP contribution in [0.25, 0.3) is 0 Å². The number of carboxylic acid groups (broad SMARTS) is 1. The molecule has 0 unspecified atom stereocenters. The summed E-state index contributed by atoms with van der Waals surface area (Å²) in [4.78, 5) is 22.9. The smallest absolute Gasteiger partial charge is 0.349 e. The molecule has 1 N–H and O–H groups in total. The van der Waals surface area contributed by atoms with E-state index in [1.807, 2.05) is 0 Å². The van der Waals surface area contributed by atoms with Gasteiger partial charge in [0.15, 0.2) is 6.61 Å². The van der Waals surface area contributed by atoms with E-state index in [4.69, 9.17) is 37.8 Å². The van der Waals surface area contributed by atoms with Crippen molar-refractivity contribution < 1.29 is 24.2 Å². The Kier molecular flexibility index (Phi) is 5.87. The summed E-state index contributed by atoms with van der Waals surface area (Å²) in [6.07, 6.45) is 0. The van der Waals surface area contributed by atoms with E-state index >= 15 is 0 Å². The Balaban J connectivity index is 2.04. The van der Waals surface area contributed by atoms with Crippen LogP contribution < -0.4 is 9.47 Å². The number of rotatable bonds is 5. The van der Waals surface area contributed by atoms with Crippen LogP contribution in [0.4, 0.5) is 0 Å². The first-order valence-electron chi connectivity index (χ1n) is 6.18. The molecule has 2 aromatic carbocycles. The third-order valence-electron chi connectivity index (χ3n) is 2.64. The van der Waals surface area contributed by atoms with Gasteiger partial charge in [-0.1, -0.05) is 39.1 Å². The van der Waals surface area contributed by atoms with Gasteiger partial charge in [-0.2, -0.15) is 0 Å². The SMILES string of the molecule is O=C(COc1ccc(Cl)cc1Cl)Oc1ccc(Br)cc1C(=O)O. The number of carboxylic acids is 1. The van der Waals surface area contributed by atoms with Crippen LogP contribution in [-0.4, -0.2) is 23.7 Å². The Morgan fingerprint density at radius 1 is 1.09 bits per heavy atom. The molecule has 5 nitrogen and oxygen atoms in total. The molecule has 0 aromatic heterocycles. The maximum Gasteiger partial charge on any atom is 0.349 e. The molecule has 2 aromatic rings. The van der Waals surface area contributed by atoms with Gasteiger partial charge in [-0.15, -0.1) is 0 Å². The predicted octanol–water partition coefficient (Wildman–Crippen LogP) is 4.44. The standard InChI is InChI=1S/C15H9BrCl2O5/c16-8-1-3-12(10(5-8)15(20)21)23-14(19)7-22-13-4-2-9(17)6-11(13)18/h1-6H,7H2,(H,20,21). The molecule has 0 spiro atoms. The number of ether oxygens (including phenoxy) is 2. The zero-order chi connectivity index (χ0) is 17.0. The highest BCUT2D eigenvalue weighted by Crippen LogP contribution is 2.28. The van der Waals surface area contributed by atoms with E-state index in [0.29, 0.717) is 9.50 Å². The van der Waals surface area contributed by atoms with Gasteiger partial charge in [-0.05, 0) is 36.4 Å². The van der Waals surface area contributed by atoms with Gasteiger partial charge >= 0.3 is 11.9 Å². The molecule has 0 saturated heterocycles. The average molecular weight is 420 g/mol. The Morgan fingerprint density at radius 2 is 1.78 bits per heavy atom. The lowest BCUT2D eigenvalue weighted by molar-refractivity contribution is -0.136. The summed E-state index contributed by atoms with van der Waals surface area (Å²) in [5.74, 6) is -1.78. The lowest BCUT2D eigenvalue weighted by Gasteiger charge is -2.10. The molecule has 2 rings (SSSR count). The second kappa shape index (κ2) is 7.68. The first-order valence-corrected chi connectivity index (χ1v) is 7.73. The van der Waals surface area contributed by atoms with Crippen LogP contribution in [0, 0.1) is 0 Å². The topological polar surface area (TPSA) is 72.8 Å². The van der Waals surface area contributed by atoms with Gasteiger partial charge in [-0.3, -0.25) is 0 Å². The molecule has 0 radical (unpaired) electrons. The van der Waals surface area contributed by atoms with Gasteiger partial charge < -0.3 is 14.6 Å². The van der Waals surface area contributed by atoms with Crippen molar-refractivity contribution >= 4 is 51.1 Å². The molecule has 0 aliphatic rings. The largest absolute Gasteiger partial charge is 0.480 e. The molecule has 0 atom stereocenters. The summed E-state index contributed by atoms with van der Waals surface area (Å²) in [5, 5.41) is 9.79. The third kappa shape index (κ3) is 4.86. The van der Waals surface area contributed by atoms with Gasteiger partial charge in [0, 0.05) is 9.50 Å². The lowest BCUT2D eigenvalue weighted by Crippen LogP contribution is -2.19. The summed E-state index contributed by atoms with van der Waals surface area (Å²) in [6, 6.07) is 8.82. The minimum Gasteiger partial charge on any atom is -0.480 e. The van der Waals surface area contributed by atoms with Crippen LogP contribution >= 0.6 is 39.1 Å². The Hall–Kier alpha value is -1.76. The quantitative estimate of drug-likeness (QED) is 0.572. The fourth-order valence-corrected chi connectivity index (χ4v) is 2.46. The summed E-state index contributed by atoms with van der Waals surface area (Å²) < 4.78 is 10.8. The van der Waals surface area contributed by atoms with Crippen molar-refractivity contribution in [2.24, 2.45) is 0 Å². The average Bonchev–Trinajstić information content (AvgIpc) is 2.48. The molecule has 0 bridgehead atoms. The second-order valence-electron chi connectivity index (χ2n) is 4.28. The molecule has 0 fully saturated rings. The van der Waals surface area contributed by atoms with E-state index in [2.05, 4.69) is 15.9 Å². The minimum absolute atomic E-state index is 0.0727. The zero-order valence-corrected chi connectivity index (χ0v) is 14.5. The number of halogens is 3. The highest BCUT2D eigenvalue weighted by molar-refractivity contribution is 9.10. The predicted molar refractivity (Wildman–Crippen MR) is 88.7 cm³/mol. The van der Waals surface area contributed by atoms with Crippen LogP contribution in [0.15, 0.2) is 40.9 Å². The Bertz CT molecular complexity index is 764. The van der Waals surface area contributed by atoms with E-state index in [1.165, 1.54) is 24.3 Å². The van der Waals surface area contributed by atoms with Gasteiger partial charge in [0.05, 0.1) is 5.02 Å². The summed E-state index contributed by atoms with van der Waals surface area (Å²) >= 11 is 14.8. The summed E-state index contributed by atoms with van der Waals surface area (Å²) in [5.41, 5.74) is -0.141. The van der Waals surface area contributed by atoms with Crippen LogP contribution in [-0.2, 0) is 4.79 Å². The maximum absolute atomic E-state index is 11.8. The number of aromatic carboxylic acids is 1. The number of esters is 1. The van der Waals surface area contributed by atoms with Crippen molar-refractivity contribution in [1.82, 2.24) is 0 Å².